The molecule has 0 nitrogen and oxygen atoms in total. The lowest BCUT2D eigenvalue weighted by Gasteiger charge is -1.94. The highest BCUT2D eigenvalue weighted by Gasteiger charge is 1.85. The van der Waals surface area contributed by atoms with E-state index < -0.39 is 0 Å². The Balaban J connectivity index is 2.36. The molecule has 0 atom stereocenters. The Bertz CT molecular complexity index is 228. The van der Waals surface area contributed by atoms with E-state index in [-0.39, 0.29) is 0 Å². The van der Waals surface area contributed by atoms with Crippen molar-refractivity contribution < 1.29 is 0 Å². The van der Waals surface area contributed by atoms with Gasteiger partial charge in [-0.15, -0.1) is 0 Å². The lowest BCUT2D eigenvalue weighted by atomic mass is 10.1. The van der Waals surface area contributed by atoms with Crippen molar-refractivity contribution in [3.05, 3.63) is 48.6 Å². The van der Waals surface area contributed by atoms with Crippen LogP contribution >= 0.6 is 0 Å². The maximum absolute atomic E-state index is 3.16. The van der Waals surface area contributed by atoms with Crippen LogP contribution in [0.4, 0.5) is 0 Å². The van der Waals surface area contributed by atoms with Gasteiger partial charge in [0.2, 0.25) is 0 Å². The van der Waals surface area contributed by atoms with Crippen molar-refractivity contribution in [2.24, 2.45) is 0 Å². The molecule has 0 bridgehead atoms. The highest BCUT2D eigenvalue weighted by Crippen LogP contribution is 2.05. The molecule has 1 radical (unpaired) electrons. The predicted octanol–water partition coefficient (Wildman–Crippen LogP) is 4.37. The van der Waals surface area contributed by atoms with Crippen LogP contribution in [0.15, 0.2) is 42.5 Å². The van der Waals surface area contributed by atoms with Crippen LogP contribution in [0.25, 0.3) is 0 Å². The van der Waals surface area contributed by atoms with E-state index in [0.29, 0.717) is 0 Å². The van der Waals surface area contributed by atoms with E-state index in [9.17, 15) is 0 Å². The second-order valence-electron chi connectivity index (χ2n) is 3.50. The van der Waals surface area contributed by atoms with Gasteiger partial charge in [0.15, 0.2) is 0 Å². The number of allylic oxidation sites excluding steroid dienone is 8. The molecule has 0 unspecified atom stereocenters. The summed E-state index contributed by atoms with van der Waals surface area (Å²) in [6, 6.07) is 0. The molecule has 0 aliphatic heterocycles. The lowest BCUT2D eigenvalue weighted by Crippen LogP contribution is -1.75. The smallest absolute Gasteiger partial charge is 0.0166 e. The first-order valence-corrected chi connectivity index (χ1v) is 5.54. The van der Waals surface area contributed by atoms with E-state index >= 15 is 0 Å². The van der Waals surface area contributed by atoms with Gasteiger partial charge < -0.3 is 0 Å². The van der Waals surface area contributed by atoms with Crippen LogP contribution in [0.5, 0.6) is 0 Å². The molecule has 0 heterocycles. The first kappa shape index (κ1) is 11.0. The molecule has 75 valence electrons. The minimum atomic E-state index is 1.05. The summed E-state index contributed by atoms with van der Waals surface area (Å²) < 4.78 is 0. The van der Waals surface area contributed by atoms with Crippen molar-refractivity contribution in [2.45, 2.75) is 38.5 Å². The van der Waals surface area contributed by atoms with Crippen molar-refractivity contribution >= 4 is 0 Å². The third-order valence-corrected chi connectivity index (χ3v) is 2.22. The number of hydrogen-bond donors (Lipinski definition) is 0. The topological polar surface area (TPSA) is 0 Å². The van der Waals surface area contributed by atoms with Gasteiger partial charge in [-0.05, 0) is 38.2 Å². The van der Waals surface area contributed by atoms with Gasteiger partial charge in [-0.25, -0.2) is 0 Å². The normalized spacial score (nSPS) is 28.6. The minimum Gasteiger partial charge on any atom is -0.0882 e. The molecule has 0 aromatic carbocycles. The molecule has 0 saturated carbocycles. The molecule has 0 N–H and O–H groups in total. The zero-order valence-corrected chi connectivity index (χ0v) is 8.78. The maximum Gasteiger partial charge on any atom is -0.0166 e. The Morgan fingerprint density at radius 1 is 0.786 bits per heavy atom. The molecule has 0 saturated heterocycles. The Morgan fingerprint density at radius 3 is 2.71 bits per heavy atom. The van der Waals surface area contributed by atoms with Gasteiger partial charge >= 0.3 is 0 Å². The maximum atomic E-state index is 3.16. The predicted molar refractivity (Wildman–Crippen MR) is 62.9 cm³/mol. The summed E-state index contributed by atoms with van der Waals surface area (Å²) in [6.45, 7) is 0. The molecule has 1 rings (SSSR count). The average Bonchev–Trinajstić information content (AvgIpc) is 2.22. The molecule has 1 aliphatic rings. The third-order valence-electron chi connectivity index (χ3n) is 2.22. The van der Waals surface area contributed by atoms with Crippen LogP contribution in [0.2, 0.25) is 0 Å². The molecule has 0 aromatic heterocycles. The largest absolute Gasteiger partial charge is 0.0882 e. The second kappa shape index (κ2) is 8.55. The summed E-state index contributed by atoms with van der Waals surface area (Å²) in [7, 11) is 0. The van der Waals surface area contributed by atoms with Crippen LogP contribution < -0.4 is 0 Å². The summed E-state index contributed by atoms with van der Waals surface area (Å²) in [6.07, 6.45) is 25.5. The van der Waals surface area contributed by atoms with E-state index in [2.05, 4.69) is 36.5 Å². The fourth-order valence-electron chi connectivity index (χ4n) is 1.40. The van der Waals surface area contributed by atoms with E-state index in [1.54, 1.807) is 0 Å². The van der Waals surface area contributed by atoms with Crippen molar-refractivity contribution in [3.63, 3.8) is 0 Å². The summed E-state index contributed by atoms with van der Waals surface area (Å²) in [4.78, 5) is 0. The Morgan fingerprint density at radius 2 is 1.71 bits per heavy atom. The van der Waals surface area contributed by atoms with Gasteiger partial charge in [0.1, 0.15) is 0 Å². The van der Waals surface area contributed by atoms with Gasteiger partial charge in [0.05, 0.1) is 0 Å². The molecule has 14 heavy (non-hydrogen) atoms. The van der Waals surface area contributed by atoms with Crippen molar-refractivity contribution in [2.75, 3.05) is 0 Å². The first-order chi connectivity index (χ1) is 7.00. The summed E-state index contributed by atoms with van der Waals surface area (Å²) in [5, 5.41) is 0. The van der Waals surface area contributed by atoms with Crippen LogP contribution in [-0.2, 0) is 0 Å². The molecule has 0 aromatic rings. The van der Waals surface area contributed by atoms with Crippen LogP contribution in [0.1, 0.15) is 38.5 Å². The van der Waals surface area contributed by atoms with Crippen molar-refractivity contribution in [1.82, 2.24) is 0 Å². The Kier molecular flexibility index (Phi) is 6.74. The fourth-order valence-corrected chi connectivity index (χ4v) is 1.40. The van der Waals surface area contributed by atoms with Gasteiger partial charge in [0.25, 0.3) is 0 Å². The Hall–Kier alpha value is -1.04. The van der Waals surface area contributed by atoms with Gasteiger partial charge in [0, 0.05) is 0 Å². The summed E-state index contributed by atoms with van der Waals surface area (Å²) in [5.41, 5.74) is 0. The highest BCUT2D eigenvalue weighted by molar-refractivity contribution is 5.08. The fraction of sp³-hybridized carbons (Fsp3) is 0.429. The molecule has 0 fully saturated rings. The molecule has 0 spiro atoms. The van der Waals surface area contributed by atoms with Crippen molar-refractivity contribution in [3.8, 4) is 0 Å². The molecule has 1 aliphatic carbocycles. The first-order valence-electron chi connectivity index (χ1n) is 5.54. The molecular formula is C14H19. The van der Waals surface area contributed by atoms with Gasteiger partial charge in [-0.3, -0.25) is 0 Å². The van der Waals surface area contributed by atoms with E-state index in [0.717, 1.165) is 12.8 Å². The Labute approximate surface area is 87.7 Å². The molecular weight excluding hydrogens is 168 g/mol. The minimum absolute atomic E-state index is 1.05. The standard InChI is InChI=1S/C14H19/c1-2-4-6-8-10-12-14-13-11-9-7-5-3-1/h1-4,7-9H,5,10-14H2/b3-1+,4-2+,8-6?,9-7+. The highest BCUT2D eigenvalue weighted by atomic mass is 13.9. The number of hydrogen-bond acceptors (Lipinski definition) is 0. The summed E-state index contributed by atoms with van der Waals surface area (Å²) in [5.74, 6) is 0. The monoisotopic (exact) mass is 187 g/mol. The van der Waals surface area contributed by atoms with E-state index in [4.69, 9.17) is 0 Å². The van der Waals surface area contributed by atoms with Crippen LogP contribution in [-0.4, -0.2) is 0 Å². The van der Waals surface area contributed by atoms with Crippen LogP contribution in [0.3, 0.4) is 0 Å². The average molecular weight is 187 g/mol. The van der Waals surface area contributed by atoms with E-state index in [1.807, 2.05) is 12.2 Å². The quantitative estimate of drug-likeness (QED) is 0.494. The zero-order chi connectivity index (χ0) is 9.90. The molecule has 0 amide bonds. The molecule has 0 heteroatoms. The van der Waals surface area contributed by atoms with Gasteiger partial charge in [-0.1, -0.05) is 49.0 Å². The second-order valence-corrected chi connectivity index (χ2v) is 3.50. The summed E-state index contributed by atoms with van der Waals surface area (Å²) >= 11 is 0. The van der Waals surface area contributed by atoms with Crippen molar-refractivity contribution in [1.29, 1.82) is 0 Å². The lowest BCUT2D eigenvalue weighted by molar-refractivity contribution is 0.695. The van der Waals surface area contributed by atoms with E-state index in [1.165, 1.54) is 25.7 Å². The van der Waals surface area contributed by atoms with Gasteiger partial charge in [-0.2, -0.15) is 0 Å². The SMILES string of the molecule is [C]1=C/CCCCC/C=C/C/C=C/C=C/1. The third kappa shape index (κ3) is 6.47. The van der Waals surface area contributed by atoms with Crippen LogP contribution in [0, 0.1) is 6.08 Å². The number of rotatable bonds is 0. The zero-order valence-electron chi connectivity index (χ0n) is 8.78.